The normalized spacial score (nSPS) is 11.9. The van der Waals surface area contributed by atoms with Gasteiger partial charge in [0, 0.05) is 37.0 Å². The van der Waals surface area contributed by atoms with Gasteiger partial charge in [0.1, 0.15) is 5.82 Å². The largest absolute Gasteiger partial charge is 0.330 e. The molecule has 0 unspecified atom stereocenters. The van der Waals surface area contributed by atoms with Crippen LogP contribution >= 0.6 is 11.8 Å². The van der Waals surface area contributed by atoms with E-state index in [-0.39, 0.29) is 16.7 Å². The molecule has 114 valence electrons. The summed E-state index contributed by atoms with van der Waals surface area (Å²) in [6.07, 6.45) is 0. The van der Waals surface area contributed by atoms with Gasteiger partial charge in [0.15, 0.2) is 0 Å². The molecule has 0 aliphatic heterocycles. The van der Waals surface area contributed by atoms with Gasteiger partial charge in [-0.25, -0.2) is 9.78 Å². The Bertz CT molecular complexity index is 766. The first kappa shape index (κ1) is 15.6. The maximum absolute atomic E-state index is 11.8. The average molecular weight is 309 g/mol. The standard InChI is InChI=1S/C13H19N5O2S/c1-13(2,3)10-14-11(16-15-10)21-7-8-6-9(19)18(5)12(20)17(8)4/h6H,7H2,1-5H3,(H,14,15,16). The molecule has 0 saturated carbocycles. The van der Waals surface area contributed by atoms with Crippen LogP contribution in [0.15, 0.2) is 20.8 Å². The zero-order chi connectivity index (χ0) is 15.8. The quantitative estimate of drug-likeness (QED) is 0.847. The smallest absolute Gasteiger partial charge is 0.300 e. The molecule has 8 heteroatoms. The Morgan fingerprint density at radius 1 is 1.24 bits per heavy atom. The van der Waals surface area contributed by atoms with Crippen LogP contribution in [0.1, 0.15) is 32.3 Å². The van der Waals surface area contributed by atoms with E-state index in [4.69, 9.17) is 0 Å². The van der Waals surface area contributed by atoms with E-state index >= 15 is 0 Å². The van der Waals surface area contributed by atoms with Gasteiger partial charge in [-0.15, -0.1) is 5.10 Å². The molecule has 2 heterocycles. The van der Waals surface area contributed by atoms with E-state index in [2.05, 4.69) is 15.2 Å². The van der Waals surface area contributed by atoms with Crippen molar-refractivity contribution in [3.8, 4) is 0 Å². The van der Waals surface area contributed by atoms with E-state index in [1.54, 1.807) is 7.05 Å². The van der Waals surface area contributed by atoms with Crippen molar-refractivity contribution >= 4 is 11.8 Å². The van der Waals surface area contributed by atoms with Crippen LogP contribution in [-0.4, -0.2) is 24.3 Å². The van der Waals surface area contributed by atoms with Gasteiger partial charge in [-0.2, -0.15) is 0 Å². The zero-order valence-electron chi connectivity index (χ0n) is 12.8. The van der Waals surface area contributed by atoms with Crippen molar-refractivity contribution in [1.82, 2.24) is 24.3 Å². The van der Waals surface area contributed by atoms with Crippen molar-refractivity contribution in [3.63, 3.8) is 0 Å². The number of H-pyrrole nitrogens is 1. The Morgan fingerprint density at radius 3 is 2.48 bits per heavy atom. The fourth-order valence-electron chi connectivity index (χ4n) is 1.70. The highest BCUT2D eigenvalue weighted by Crippen LogP contribution is 2.22. The highest BCUT2D eigenvalue weighted by Gasteiger charge is 2.19. The van der Waals surface area contributed by atoms with Crippen LogP contribution in [0.5, 0.6) is 0 Å². The zero-order valence-corrected chi connectivity index (χ0v) is 13.6. The maximum Gasteiger partial charge on any atom is 0.330 e. The van der Waals surface area contributed by atoms with Gasteiger partial charge in [-0.05, 0) is 0 Å². The van der Waals surface area contributed by atoms with Crippen molar-refractivity contribution < 1.29 is 0 Å². The topological polar surface area (TPSA) is 85.6 Å². The fourth-order valence-corrected chi connectivity index (χ4v) is 2.52. The molecule has 0 amide bonds. The molecule has 21 heavy (non-hydrogen) atoms. The van der Waals surface area contributed by atoms with Gasteiger partial charge >= 0.3 is 5.69 Å². The monoisotopic (exact) mass is 309 g/mol. The number of hydrogen-bond donors (Lipinski definition) is 1. The van der Waals surface area contributed by atoms with E-state index in [1.165, 1.54) is 29.4 Å². The van der Waals surface area contributed by atoms with Crippen molar-refractivity contribution in [1.29, 1.82) is 0 Å². The first-order chi connectivity index (χ1) is 9.70. The molecule has 2 aromatic rings. The molecule has 0 aliphatic rings. The summed E-state index contributed by atoms with van der Waals surface area (Å²) in [5, 5.41) is 7.66. The minimum absolute atomic E-state index is 0.0959. The van der Waals surface area contributed by atoms with Crippen LogP contribution in [0.4, 0.5) is 0 Å². The summed E-state index contributed by atoms with van der Waals surface area (Å²) in [4.78, 5) is 27.9. The number of rotatable bonds is 3. The summed E-state index contributed by atoms with van der Waals surface area (Å²) >= 11 is 1.39. The molecule has 0 aliphatic carbocycles. The van der Waals surface area contributed by atoms with E-state index in [0.717, 1.165) is 10.4 Å². The Labute approximate surface area is 126 Å². The third-order valence-electron chi connectivity index (χ3n) is 3.15. The predicted octanol–water partition coefficient (Wildman–Crippen LogP) is 0.792. The Kier molecular flexibility index (Phi) is 4.08. The minimum atomic E-state index is -0.330. The Balaban J connectivity index is 2.20. The summed E-state index contributed by atoms with van der Waals surface area (Å²) in [5.74, 6) is 1.27. The molecule has 7 nitrogen and oxygen atoms in total. The maximum atomic E-state index is 11.8. The lowest BCUT2D eigenvalue weighted by Crippen LogP contribution is -2.37. The van der Waals surface area contributed by atoms with Crippen molar-refractivity contribution in [2.45, 2.75) is 37.1 Å². The predicted molar refractivity (Wildman–Crippen MR) is 81.6 cm³/mol. The molecule has 0 spiro atoms. The second kappa shape index (κ2) is 5.51. The Hall–Kier alpha value is -1.83. The first-order valence-electron chi connectivity index (χ1n) is 6.52. The lowest BCUT2D eigenvalue weighted by Gasteiger charge is -2.12. The molecule has 0 radical (unpaired) electrons. The second-order valence-electron chi connectivity index (χ2n) is 5.88. The highest BCUT2D eigenvalue weighted by atomic mass is 32.2. The minimum Gasteiger partial charge on any atom is -0.300 e. The van der Waals surface area contributed by atoms with Gasteiger partial charge in [-0.1, -0.05) is 32.5 Å². The summed E-state index contributed by atoms with van der Waals surface area (Å²) in [6, 6.07) is 1.46. The van der Waals surface area contributed by atoms with Crippen LogP contribution in [-0.2, 0) is 25.3 Å². The summed E-state index contributed by atoms with van der Waals surface area (Å²) < 4.78 is 2.55. The highest BCUT2D eigenvalue weighted by molar-refractivity contribution is 7.98. The molecule has 0 atom stereocenters. The van der Waals surface area contributed by atoms with Crippen LogP contribution < -0.4 is 11.2 Å². The van der Waals surface area contributed by atoms with E-state index in [1.807, 2.05) is 20.8 Å². The third kappa shape index (κ3) is 3.26. The Morgan fingerprint density at radius 2 is 1.90 bits per heavy atom. The van der Waals surface area contributed by atoms with Gasteiger partial charge in [0.2, 0.25) is 5.16 Å². The van der Waals surface area contributed by atoms with Crippen LogP contribution in [0.3, 0.4) is 0 Å². The van der Waals surface area contributed by atoms with Crippen molar-refractivity contribution in [3.05, 3.63) is 38.4 Å². The molecule has 0 saturated heterocycles. The van der Waals surface area contributed by atoms with E-state index in [9.17, 15) is 9.59 Å². The summed E-state index contributed by atoms with van der Waals surface area (Å²) in [7, 11) is 3.11. The van der Waals surface area contributed by atoms with E-state index in [0.29, 0.717) is 16.6 Å². The fraction of sp³-hybridized carbons (Fsp3) is 0.538. The number of thioether (sulfide) groups is 1. The SMILES string of the molecule is Cn1c(CSc2n[nH]c(C(C)(C)C)n2)cc(=O)n(C)c1=O. The van der Waals surface area contributed by atoms with Gasteiger partial charge in [0.05, 0.1) is 0 Å². The molecule has 0 fully saturated rings. The number of aromatic nitrogens is 5. The van der Waals surface area contributed by atoms with Crippen LogP contribution in [0.2, 0.25) is 0 Å². The molecular formula is C13H19N5O2S. The molecule has 0 aromatic carbocycles. The number of aromatic amines is 1. The lowest BCUT2D eigenvalue weighted by atomic mass is 9.96. The van der Waals surface area contributed by atoms with Crippen molar-refractivity contribution in [2.75, 3.05) is 0 Å². The average Bonchev–Trinajstić information content (AvgIpc) is 2.88. The lowest BCUT2D eigenvalue weighted by molar-refractivity contribution is 0.547. The molecule has 2 aromatic heterocycles. The van der Waals surface area contributed by atoms with Gasteiger partial charge in [-0.3, -0.25) is 19.0 Å². The van der Waals surface area contributed by atoms with Gasteiger partial charge < -0.3 is 0 Å². The second-order valence-corrected chi connectivity index (χ2v) is 6.82. The molecule has 1 N–H and O–H groups in total. The number of nitrogens with one attached hydrogen (secondary N) is 1. The number of hydrogen-bond acceptors (Lipinski definition) is 5. The van der Waals surface area contributed by atoms with Gasteiger partial charge in [0.25, 0.3) is 5.56 Å². The van der Waals surface area contributed by atoms with Crippen molar-refractivity contribution in [2.24, 2.45) is 14.1 Å². The van der Waals surface area contributed by atoms with E-state index < -0.39 is 0 Å². The third-order valence-corrected chi connectivity index (χ3v) is 4.03. The van der Waals surface area contributed by atoms with Crippen LogP contribution in [0.25, 0.3) is 0 Å². The molecule has 0 bridgehead atoms. The summed E-state index contributed by atoms with van der Waals surface area (Å²) in [6.45, 7) is 6.14. The molecule has 2 rings (SSSR count). The van der Waals surface area contributed by atoms with Crippen LogP contribution in [0, 0.1) is 0 Å². The number of nitrogens with zero attached hydrogens (tertiary/aromatic N) is 4. The summed E-state index contributed by atoms with van der Waals surface area (Å²) in [5.41, 5.74) is -0.0841. The first-order valence-corrected chi connectivity index (χ1v) is 7.50. The molecular weight excluding hydrogens is 290 g/mol.